The molecule has 3 fully saturated rings. The lowest BCUT2D eigenvalue weighted by Crippen LogP contribution is -2.67. The Morgan fingerprint density at radius 2 is 1.83 bits per heavy atom. The second-order valence-corrected chi connectivity index (χ2v) is 9.48. The maximum Gasteiger partial charge on any atom is 0.236 e. The molecule has 1 saturated heterocycles. The summed E-state index contributed by atoms with van der Waals surface area (Å²) in [5, 5.41) is 7.49. The van der Waals surface area contributed by atoms with Gasteiger partial charge < -0.3 is 20.3 Å². The van der Waals surface area contributed by atoms with Gasteiger partial charge in [0.25, 0.3) is 0 Å². The molecule has 0 aromatic rings. The fraction of sp³-hybridized carbons (Fsp3) is 0.913. The van der Waals surface area contributed by atoms with Crippen LogP contribution in [-0.2, 0) is 9.53 Å². The lowest BCUT2D eigenvalue weighted by atomic mass is 9.55. The van der Waals surface area contributed by atoms with Gasteiger partial charge in [0.15, 0.2) is 5.96 Å². The minimum absolute atomic E-state index is 0.183. The summed E-state index contributed by atoms with van der Waals surface area (Å²) in [4.78, 5) is 20.7. The number of piperidine rings is 1. The Hall–Kier alpha value is -1.34. The Kier molecular flexibility index (Phi) is 8.40. The molecule has 2 N–H and O–H groups in total. The molecule has 1 spiro atoms. The van der Waals surface area contributed by atoms with Crippen molar-refractivity contribution in [2.24, 2.45) is 10.4 Å². The Bertz CT molecular complexity index is 580. The molecule has 1 amide bonds. The molecule has 3 aliphatic rings. The maximum absolute atomic E-state index is 12.0. The van der Waals surface area contributed by atoms with E-state index in [1.807, 2.05) is 14.1 Å². The predicted octanol–water partition coefficient (Wildman–Crippen LogP) is 2.22. The first-order chi connectivity index (χ1) is 14.5. The summed E-state index contributed by atoms with van der Waals surface area (Å²) >= 11 is 0. The van der Waals surface area contributed by atoms with Crippen molar-refractivity contribution in [3.63, 3.8) is 0 Å². The van der Waals surface area contributed by atoms with E-state index < -0.39 is 0 Å². The smallest absolute Gasteiger partial charge is 0.236 e. The molecule has 0 radical (unpaired) electrons. The Morgan fingerprint density at radius 1 is 1.13 bits per heavy atom. The third kappa shape index (κ3) is 5.47. The topological polar surface area (TPSA) is 69.2 Å². The molecule has 7 nitrogen and oxygen atoms in total. The minimum atomic E-state index is 0.183. The first-order valence-electron chi connectivity index (χ1n) is 12.1. The number of rotatable bonds is 7. The number of hydrogen-bond donors (Lipinski definition) is 2. The van der Waals surface area contributed by atoms with Crippen LogP contribution in [0.2, 0.25) is 0 Å². The third-order valence-corrected chi connectivity index (χ3v) is 7.35. The standard InChI is InChI=1S/C23H43N5O2/c1-5-24-22(25-18-10-14-28(15-11-18)17-21(29)27(3)4)26-19-16-20(30-6-2)23(19)12-8-7-9-13-23/h18-20H,5-17H2,1-4H3,(H2,24,25,26). The average molecular weight is 422 g/mol. The highest BCUT2D eigenvalue weighted by Gasteiger charge is 2.55. The van der Waals surface area contributed by atoms with E-state index in [0.29, 0.717) is 30.1 Å². The molecule has 7 heteroatoms. The molecule has 2 atom stereocenters. The molecular weight excluding hydrogens is 378 g/mol. The quantitative estimate of drug-likeness (QED) is 0.487. The molecule has 2 aliphatic carbocycles. The first-order valence-corrected chi connectivity index (χ1v) is 12.1. The van der Waals surface area contributed by atoms with E-state index in [1.54, 1.807) is 4.90 Å². The van der Waals surface area contributed by atoms with Gasteiger partial charge >= 0.3 is 0 Å². The van der Waals surface area contributed by atoms with Crippen LogP contribution < -0.4 is 10.6 Å². The summed E-state index contributed by atoms with van der Waals surface area (Å²) in [7, 11) is 3.65. The van der Waals surface area contributed by atoms with Gasteiger partial charge in [0.05, 0.1) is 12.6 Å². The molecule has 3 rings (SSSR count). The fourth-order valence-electron chi connectivity index (χ4n) is 5.48. The normalized spacial score (nSPS) is 27.5. The van der Waals surface area contributed by atoms with Gasteiger partial charge in [-0.3, -0.25) is 14.7 Å². The summed E-state index contributed by atoms with van der Waals surface area (Å²) in [5.74, 6) is 1.15. The van der Waals surface area contributed by atoms with Crippen LogP contribution in [0.15, 0.2) is 4.99 Å². The highest BCUT2D eigenvalue weighted by atomic mass is 16.5. The number of aliphatic imine (C=N–C) groups is 1. The number of guanidine groups is 1. The number of carbonyl (C=O) groups excluding carboxylic acids is 1. The number of ether oxygens (including phenoxy) is 1. The van der Waals surface area contributed by atoms with Gasteiger partial charge in [0.2, 0.25) is 5.91 Å². The number of carbonyl (C=O) groups is 1. The van der Waals surface area contributed by atoms with E-state index in [9.17, 15) is 4.79 Å². The Morgan fingerprint density at radius 3 is 2.43 bits per heavy atom. The summed E-state index contributed by atoms with van der Waals surface area (Å²) in [5.41, 5.74) is 0.292. The number of nitrogens with one attached hydrogen (secondary N) is 2. The van der Waals surface area contributed by atoms with Crippen molar-refractivity contribution in [1.29, 1.82) is 0 Å². The molecule has 172 valence electrons. The lowest BCUT2D eigenvalue weighted by molar-refractivity contribution is -0.145. The van der Waals surface area contributed by atoms with E-state index in [-0.39, 0.29) is 5.91 Å². The second-order valence-electron chi connectivity index (χ2n) is 9.48. The third-order valence-electron chi connectivity index (χ3n) is 7.35. The van der Waals surface area contributed by atoms with Crippen molar-refractivity contribution in [2.75, 3.05) is 46.9 Å². The first kappa shape index (κ1) is 23.3. The van der Waals surface area contributed by atoms with Crippen molar-refractivity contribution in [1.82, 2.24) is 20.4 Å². The predicted molar refractivity (Wildman–Crippen MR) is 122 cm³/mol. The number of amides is 1. The largest absolute Gasteiger partial charge is 0.378 e. The number of likely N-dealkylation sites (tertiary alicyclic amines) is 1. The maximum atomic E-state index is 12.0. The molecule has 30 heavy (non-hydrogen) atoms. The zero-order valence-electron chi connectivity index (χ0n) is 19.6. The van der Waals surface area contributed by atoms with Crippen LogP contribution in [0.25, 0.3) is 0 Å². The van der Waals surface area contributed by atoms with Gasteiger partial charge in [-0.25, -0.2) is 0 Å². The van der Waals surface area contributed by atoms with Crippen LogP contribution in [0.3, 0.4) is 0 Å². The summed E-state index contributed by atoms with van der Waals surface area (Å²) in [6.45, 7) is 8.23. The van der Waals surface area contributed by atoms with Gasteiger partial charge in [-0.05, 0) is 46.0 Å². The van der Waals surface area contributed by atoms with Crippen LogP contribution in [0.1, 0.15) is 65.2 Å². The van der Waals surface area contributed by atoms with E-state index in [0.717, 1.165) is 51.5 Å². The number of hydrogen-bond acceptors (Lipinski definition) is 4. The molecule has 0 aromatic carbocycles. The lowest BCUT2D eigenvalue weighted by Gasteiger charge is -2.58. The van der Waals surface area contributed by atoms with Crippen molar-refractivity contribution < 1.29 is 9.53 Å². The Balaban J connectivity index is 1.52. The molecule has 0 aromatic heterocycles. The molecule has 1 aliphatic heterocycles. The minimum Gasteiger partial charge on any atom is -0.378 e. The highest BCUT2D eigenvalue weighted by molar-refractivity contribution is 5.80. The SMILES string of the molecule is CCN=C(NC1CCN(CC(=O)N(C)C)CC1)NC1CC(OCC)C12CCCCC2. The van der Waals surface area contributed by atoms with Gasteiger partial charge in [0.1, 0.15) is 0 Å². The average Bonchev–Trinajstić information content (AvgIpc) is 2.75. The van der Waals surface area contributed by atoms with Gasteiger partial charge in [-0.15, -0.1) is 0 Å². The fourth-order valence-corrected chi connectivity index (χ4v) is 5.48. The number of likely N-dealkylation sites (N-methyl/N-ethyl adjacent to an activating group) is 1. The van der Waals surface area contributed by atoms with E-state index in [4.69, 9.17) is 9.73 Å². The van der Waals surface area contributed by atoms with Crippen molar-refractivity contribution in [3.8, 4) is 0 Å². The van der Waals surface area contributed by atoms with Gasteiger partial charge in [0, 0.05) is 57.8 Å². The molecular formula is C23H43N5O2. The van der Waals surface area contributed by atoms with Crippen LogP contribution in [0.5, 0.6) is 0 Å². The monoisotopic (exact) mass is 421 g/mol. The van der Waals surface area contributed by atoms with Crippen LogP contribution in [-0.4, -0.2) is 86.7 Å². The van der Waals surface area contributed by atoms with Crippen LogP contribution in [0, 0.1) is 5.41 Å². The van der Waals surface area contributed by atoms with Crippen LogP contribution in [0.4, 0.5) is 0 Å². The summed E-state index contributed by atoms with van der Waals surface area (Å²) in [6, 6.07) is 0.878. The molecule has 0 bridgehead atoms. The molecule has 1 heterocycles. The van der Waals surface area contributed by atoms with Crippen LogP contribution >= 0.6 is 0 Å². The van der Waals surface area contributed by atoms with Crippen molar-refractivity contribution >= 4 is 11.9 Å². The van der Waals surface area contributed by atoms with Gasteiger partial charge in [-0.2, -0.15) is 0 Å². The zero-order valence-corrected chi connectivity index (χ0v) is 19.6. The zero-order chi connectivity index (χ0) is 21.6. The van der Waals surface area contributed by atoms with E-state index in [1.165, 1.54) is 32.1 Å². The Labute approximate surface area is 183 Å². The van der Waals surface area contributed by atoms with Crippen molar-refractivity contribution in [2.45, 2.75) is 83.4 Å². The summed E-state index contributed by atoms with van der Waals surface area (Å²) in [6.07, 6.45) is 10.1. The number of nitrogens with zero attached hydrogens (tertiary/aromatic N) is 3. The van der Waals surface area contributed by atoms with E-state index in [2.05, 4.69) is 29.4 Å². The highest BCUT2D eigenvalue weighted by Crippen LogP contribution is 2.53. The summed E-state index contributed by atoms with van der Waals surface area (Å²) < 4.78 is 6.12. The van der Waals surface area contributed by atoms with E-state index >= 15 is 0 Å². The molecule has 2 unspecified atom stereocenters. The van der Waals surface area contributed by atoms with Crippen molar-refractivity contribution in [3.05, 3.63) is 0 Å². The second kappa shape index (κ2) is 10.8. The molecule has 2 saturated carbocycles. The van der Waals surface area contributed by atoms with Gasteiger partial charge in [-0.1, -0.05) is 19.3 Å².